The summed E-state index contributed by atoms with van der Waals surface area (Å²) in [6.07, 6.45) is 1.08. The topological polar surface area (TPSA) is 55.2 Å². The molecule has 0 spiro atoms. The van der Waals surface area contributed by atoms with Crippen LogP contribution >= 0.6 is 11.8 Å². The van der Waals surface area contributed by atoms with E-state index >= 15 is 0 Å². The molecule has 0 saturated carbocycles. The lowest BCUT2D eigenvalue weighted by Crippen LogP contribution is -2.21. The molecule has 0 aromatic rings. The monoisotopic (exact) mass is 174 g/mol. The Hall–Kier alpha value is -0.710. The Bertz CT molecular complexity index is 195. The molecular formula is C6H10N2O2S. The number of hydrogen-bond acceptors (Lipinski definition) is 4. The van der Waals surface area contributed by atoms with E-state index in [0.717, 1.165) is 23.7 Å². The third kappa shape index (κ3) is 2.11. The van der Waals surface area contributed by atoms with Crippen LogP contribution in [0.1, 0.15) is 13.3 Å². The van der Waals surface area contributed by atoms with Gasteiger partial charge in [0, 0.05) is 19.2 Å². The van der Waals surface area contributed by atoms with Crippen LogP contribution in [0.25, 0.3) is 0 Å². The van der Waals surface area contributed by atoms with E-state index in [1.54, 1.807) is 0 Å². The van der Waals surface area contributed by atoms with Gasteiger partial charge in [-0.15, -0.1) is 11.8 Å². The maximum Gasteiger partial charge on any atom is 0.272 e. The van der Waals surface area contributed by atoms with Gasteiger partial charge in [0.15, 0.2) is 0 Å². The molecule has 0 unspecified atom stereocenters. The summed E-state index contributed by atoms with van der Waals surface area (Å²) in [6, 6.07) is 0. The lowest BCUT2D eigenvalue weighted by Gasteiger charge is -2.14. The summed E-state index contributed by atoms with van der Waals surface area (Å²) in [4.78, 5) is 9.95. The molecule has 0 aromatic carbocycles. The SMILES string of the molecule is CC(=C1NCCCS1)[N+](=O)[O-]. The fourth-order valence-corrected chi connectivity index (χ4v) is 1.79. The third-order valence-electron chi connectivity index (χ3n) is 1.46. The number of thioether (sulfide) groups is 1. The summed E-state index contributed by atoms with van der Waals surface area (Å²) < 4.78 is 0. The Morgan fingerprint density at radius 3 is 3.00 bits per heavy atom. The standard InChI is InChI=1S/C6H10N2O2S/c1-5(8(9)10)6-7-3-2-4-11-6/h7H,2-4H2,1H3. The minimum atomic E-state index is -0.347. The van der Waals surface area contributed by atoms with Gasteiger partial charge in [-0.1, -0.05) is 0 Å². The van der Waals surface area contributed by atoms with E-state index in [4.69, 9.17) is 0 Å². The first-order valence-electron chi connectivity index (χ1n) is 3.44. The second kappa shape index (κ2) is 3.61. The first kappa shape index (κ1) is 8.39. The number of nitrogens with one attached hydrogen (secondary N) is 1. The van der Waals surface area contributed by atoms with Crippen LogP contribution in [0.4, 0.5) is 0 Å². The van der Waals surface area contributed by atoms with Crippen LogP contribution < -0.4 is 5.32 Å². The molecular weight excluding hydrogens is 164 g/mol. The smallest absolute Gasteiger partial charge is 0.272 e. The van der Waals surface area contributed by atoms with E-state index in [-0.39, 0.29) is 10.6 Å². The van der Waals surface area contributed by atoms with Gasteiger partial charge in [0.05, 0.1) is 4.92 Å². The van der Waals surface area contributed by atoms with E-state index in [9.17, 15) is 10.1 Å². The molecule has 1 N–H and O–H groups in total. The molecule has 5 heteroatoms. The number of nitrogens with zero attached hydrogens (tertiary/aromatic N) is 1. The fourth-order valence-electron chi connectivity index (χ4n) is 0.815. The Balaban J connectivity index is 2.68. The van der Waals surface area contributed by atoms with Crippen molar-refractivity contribution in [1.29, 1.82) is 0 Å². The lowest BCUT2D eigenvalue weighted by molar-refractivity contribution is -0.425. The number of allylic oxidation sites excluding steroid dienone is 1. The van der Waals surface area contributed by atoms with Gasteiger partial charge in [-0.2, -0.15) is 0 Å². The van der Waals surface area contributed by atoms with Crippen molar-refractivity contribution in [2.45, 2.75) is 13.3 Å². The predicted octanol–water partition coefficient (Wildman–Crippen LogP) is 1.18. The normalized spacial score (nSPS) is 22.3. The Kier molecular flexibility index (Phi) is 2.76. The Morgan fingerprint density at radius 1 is 1.82 bits per heavy atom. The van der Waals surface area contributed by atoms with Crippen LogP contribution in [0.3, 0.4) is 0 Å². The van der Waals surface area contributed by atoms with E-state index < -0.39 is 0 Å². The van der Waals surface area contributed by atoms with Gasteiger partial charge in [-0.25, -0.2) is 0 Å². The van der Waals surface area contributed by atoms with Crippen LogP contribution in [0.2, 0.25) is 0 Å². The van der Waals surface area contributed by atoms with E-state index in [0.29, 0.717) is 0 Å². The third-order valence-corrected chi connectivity index (χ3v) is 2.68. The first-order valence-corrected chi connectivity index (χ1v) is 4.42. The quantitative estimate of drug-likeness (QED) is 0.479. The van der Waals surface area contributed by atoms with Crippen LogP contribution in [0.15, 0.2) is 10.7 Å². The molecule has 1 heterocycles. The zero-order valence-corrected chi connectivity index (χ0v) is 7.11. The van der Waals surface area contributed by atoms with Gasteiger partial charge in [0.25, 0.3) is 5.70 Å². The summed E-state index contributed by atoms with van der Waals surface area (Å²) >= 11 is 1.53. The molecule has 11 heavy (non-hydrogen) atoms. The predicted molar refractivity (Wildman–Crippen MR) is 44.8 cm³/mol. The van der Waals surface area contributed by atoms with E-state index in [1.165, 1.54) is 18.7 Å². The first-order chi connectivity index (χ1) is 5.22. The van der Waals surface area contributed by atoms with Crippen molar-refractivity contribution >= 4 is 11.8 Å². The molecule has 1 rings (SSSR count). The maximum atomic E-state index is 10.3. The molecule has 0 atom stereocenters. The molecule has 0 amide bonds. The van der Waals surface area contributed by atoms with Crippen molar-refractivity contribution < 1.29 is 4.92 Å². The minimum absolute atomic E-state index is 0.231. The molecule has 1 aliphatic rings. The number of hydrogen-bond donors (Lipinski definition) is 1. The maximum absolute atomic E-state index is 10.3. The fraction of sp³-hybridized carbons (Fsp3) is 0.667. The largest absolute Gasteiger partial charge is 0.375 e. The van der Waals surface area contributed by atoms with Gasteiger partial charge in [-0.3, -0.25) is 10.1 Å². The van der Waals surface area contributed by atoms with Gasteiger partial charge < -0.3 is 5.32 Å². The highest BCUT2D eigenvalue weighted by atomic mass is 32.2. The van der Waals surface area contributed by atoms with Gasteiger partial charge in [0.2, 0.25) is 0 Å². The molecule has 0 bridgehead atoms. The Labute approximate surface area is 69.2 Å². The Morgan fingerprint density at radius 2 is 2.55 bits per heavy atom. The summed E-state index contributed by atoms with van der Waals surface area (Å²) in [5.41, 5.74) is 0.231. The van der Waals surface area contributed by atoms with Crippen LogP contribution in [0, 0.1) is 10.1 Å². The van der Waals surface area contributed by atoms with Gasteiger partial charge in [-0.05, 0) is 6.42 Å². The molecule has 0 aliphatic carbocycles. The molecule has 1 saturated heterocycles. The van der Waals surface area contributed by atoms with Crippen molar-refractivity contribution in [2.75, 3.05) is 12.3 Å². The average molecular weight is 174 g/mol. The highest BCUT2D eigenvalue weighted by Gasteiger charge is 2.15. The van der Waals surface area contributed by atoms with Crippen molar-refractivity contribution in [1.82, 2.24) is 5.32 Å². The van der Waals surface area contributed by atoms with E-state index in [1.807, 2.05) is 0 Å². The van der Waals surface area contributed by atoms with Crippen LogP contribution in [-0.4, -0.2) is 17.2 Å². The zero-order valence-electron chi connectivity index (χ0n) is 6.29. The minimum Gasteiger partial charge on any atom is -0.375 e. The summed E-state index contributed by atoms with van der Waals surface area (Å²) in [5.74, 6) is 0.980. The second-order valence-electron chi connectivity index (χ2n) is 2.30. The molecule has 0 radical (unpaired) electrons. The summed E-state index contributed by atoms with van der Waals surface area (Å²) in [6.45, 7) is 2.38. The zero-order chi connectivity index (χ0) is 8.27. The second-order valence-corrected chi connectivity index (χ2v) is 3.41. The van der Waals surface area contributed by atoms with Gasteiger partial charge >= 0.3 is 0 Å². The average Bonchev–Trinajstić information content (AvgIpc) is 2.05. The number of nitro groups is 1. The van der Waals surface area contributed by atoms with Crippen LogP contribution in [-0.2, 0) is 0 Å². The molecule has 4 nitrogen and oxygen atoms in total. The highest BCUT2D eigenvalue weighted by molar-refractivity contribution is 8.03. The van der Waals surface area contributed by atoms with Gasteiger partial charge in [0.1, 0.15) is 5.03 Å². The van der Waals surface area contributed by atoms with Crippen molar-refractivity contribution in [2.24, 2.45) is 0 Å². The molecule has 1 fully saturated rings. The number of rotatable bonds is 1. The van der Waals surface area contributed by atoms with Crippen LogP contribution in [0.5, 0.6) is 0 Å². The highest BCUT2D eigenvalue weighted by Crippen LogP contribution is 2.21. The molecule has 0 aromatic heterocycles. The summed E-state index contributed by atoms with van der Waals surface area (Å²) in [5, 5.41) is 14.0. The van der Waals surface area contributed by atoms with Crippen molar-refractivity contribution in [3.05, 3.63) is 20.8 Å². The van der Waals surface area contributed by atoms with Crippen molar-refractivity contribution in [3.63, 3.8) is 0 Å². The molecule has 62 valence electrons. The van der Waals surface area contributed by atoms with E-state index in [2.05, 4.69) is 5.32 Å². The summed E-state index contributed by atoms with van der Waals surface area (Å²) in [7, 11) is 0. The molecule has 1 aliphatic heterocycles. The lowest BCUT2D eigenvalue weighted by atomic mass is 10.4. The van der Waals surface area contributed by atoms with Crippen molar-refractivity contribution in [3.8, 4) is 0 Å².